The van der Waals surface area contributed by atoms with E-state index in [-0.39, 0.29) is 12.0 Å². The highest BCUT2D eigenvalue weighted by molar-refractivity contribution is 5.77. The van der Waals surface area contributed by atoms with Gasteiger partial charge in [0, 0.05) is 25.5 Å². The SMILES string of the molecule is O=C(CN1CCO[C@@H](Cn2cccn2)C1)NCc1ccco1. The second-order valence-electron chi connectivity index (χ2n) is 5.31. The Labute approximate surface area is 128 Å². The Hall–Kier alpha value is -2.12. The summed E-state index contributed by atoms with van der Waals surface area (Å²) >= 11 is 0. The second kappa shape index (κ2) is 7.24. The number of morpholine rings is 1. The monoisotopic (exact) mass is 304 g/mol. The summed E-state index contributed by atoms with van der Waals surface area (Å²) in [6.45, 7) is 3.64. The van der Waals surface area contributed by atoms with Crippen molar-refractivity contribution in [3.8, 4) is 0 Å². The number of rotatable bonds is 6. The van der Waals surface area contributed by atoms with Crippen LogP contribution in [-0.4, -0.2) is 52.9 Å². The molecule has 0 bridgehead atoms. The molecule has 118 valence electrons. The summed E-state index contributed by atoms with van der Waals surface area (Å²) in [4.78, 5) is 14.1. The molecule has 1 aliphatic heterocycles. The Bertz CT molecular complexity index is 568. The van der Waals surface area contributed by atoms with Crippen molar-refractivity contribution in [3.63, 3.8) is 0 Å². The molecule has 3 rings (SSSR count). The van der Waals surface area contributed by atoms with Gasteiger partial charge in [0.1, 0.15) is 5.76 Å². The fraction of sp³-hybridized carbons (Fsp3) is 0.467. The second-order valence-corrected chi connectivity index (χ2v) is 5.31. The van der Waals surface area contributed by atoms with E-state index >= 15 is 0 Å². The molecule has 1 fully saturated rings. The highest BCUT2D eigenvalue weighted by atomic mass is 16.5. The fourth-order valence-electron chi connectivity index (χ4n) is 2.51. The molecule has 3 heterocycles. The van der Waals surface area contributed by atoms with Crippen molar-refractivity contribution in [2.45, 2.75) is 19.2 Å². The zero-order valence-electron chi connectivity index (χ0n) is 12.4. The third-order valence-corrected chi connectivity index (χ3v) is 3.58. The molecule has 1 N–H and O–H groups in total. The molecule has 0 saturated carbocycles. The lowest BCUT2D eigenvalue weighted by molar-refractivity contribution is -0.124. The first-order valence-electron chi connectivity index (χ1n) is 7.40. The van der Waals surface area contributed by atoms with E-state index in [9.17, 15) is 4.79 Å². The maximum Gasteiger partial charge on any atom is 0.234 e. The van der Waals surface area contributed by atoms with Gasteiger partial charge < -0.3 is 14.5 Å². The standard InChI is InChI=1S/C15H20N4O3/c20-15(16-9-13-3-1-7-21-13)12-18-6-8-22-14(10-18)11-19-5-2-4-17-19/h1-5,7,14H,6,8-12H2,(H,16,20)/t14-/m1/s1. The van der Waals surface area contributed by atoms with Gasteiger partial charge in [-0.05, 0) is 18.2 Å². The number of nitrogens with zero attached hydrogens (tertiary/aromatic N) is 3. The van der Waals surface area contributed by atoms with Crippen molar-refractivity contribution in [2.24, 2.45) is 0 Å². The van der Waals surface area contributed by atoms with Crippen LogP contribution in [0.4, 0.5) is 0 Å². The van der Waals surface area contributed by atoms with E-state index in [1.54, 1.807) is 12.5 Å². The number of hydrogen-bond acceptors (Lipinski definition) is 5. The van der Waals surface area contributed by atoms with Crippen molar-refractivity contribution in [3.05, 3.63) is 42.6 Å². The van der Waals surface area contributed by atoms with E-state index < -0.39 is 0 Å². The maximum absolute atomic E-state index is 12.0. The van der Waals surface area contributed by atoms with Crippen LogP contribution in [0.25, 0.3) is 0 Å². The van der Waals surface area contributed by atoms with Crippen LogP contribution in [0.1, 0.15) is 5.76 Å². The predicted octanol–water partition coefficient (Wildman–Crippen LogP) is 0.493. The maximum atomic E-state index is 12.0. The molecule has 0 aliphatic carbocycles. The van der Waals surface area contributed by atoms with E-state index in [0.717, 1.165) is 18.8 Å². The average molecular weight is 304 g/mol. The molecule has 1 aliphatic rings. The highest BCUT2D eigenvalue weighted by Crippen LogP contribution is 2.07. The van der Waals surface area contributed by atoms with E-state index in [1.807, 2.05) is 29.1 Å². The molecule has 7 heteroatoms. The first kappa shape index (κ1) is 14.8. The normalized spacial score (nSPS) is 19.2. The van der Waals surface area contributed by atoms with Crippen molar-refractivity contribution in [1.29, 1.82) is 0 Å². The lowest BCUT2D eigenvalue weighted by Gasteiger charge is -2.32. The van der Waals surface area contributed by atoms with Gasteiger partial charge in [0.25, 0.3) is 0 Å². The number of nitrogens with one attached hydrogen (secondary N) is 1. The number of carbonyl (C=O) groups excluding carboxylic acids is 1. The first-order chi connectivity index (χ1) is 10.8. The molecule has 22 heavy (non-hydrogen) atoms. The summed E-state index contributed by atoms with van der Waals surface area (Å²) in [5.41, 5.74) is 0. The minimum Gasteiger partial charge on any atom is -0.467 e. The first-order valence-corrected chi connectivity index (χ1v) is 7.40. The van der Waals surface area contributed by atoms with Crippen LogP contribution in [0.5, 0.6) is 0 Å². The smallest absolute Gasteiger partial charge is 0.234 e. The minimum atomic E-state index is -0.00357. The Morgan fingerprint density at radius 2 is 2.41 bits per heavy atom. The summed E-state index contributed by atoms with van der Waals surface area (Å²) in [6, 6.07) is 5.54. The molecule has 1 saturated heterocycles. The quantitative estimate of drug-likeness (QED) is 0.841. The lowest BCUT2D eigenvalue weighted by atomic mass is 10.2. The minimum absolute atomic E-state index is 0.00357. The predicted molar refractivity (Wildman–Crippen MR) is 79.0 cm³/mol. The third kappa shape index (κ3) is 4.19. The molecule has 2 aromatic heterocycles. The third-order valence-electron chi connectivity index (χ3n) is 3.58. The fourth-order valence-corrected chi connectivity index (χ4v) is 2.51. The van der Waals surface area contributed by atoms with Crippen molar-refractivity contribution < 1.29 is 13.9 Å². The number of hydrogen-bond donors (Lipinski definition) is 1. The van der Waals surface area contributed by atoms with Crippen molar-refractivity contribution in [1.82, 2.24) is 20.0 Å². The van der Waals surface area contributed by atoms with Crippen molar-refractivity contribution in [2.75, 3.05) is 26.2 Å². The van der Waals surface area contributed by atoms with E-state index in [4.69, 9.17) is 9.15 Å². The molecule has 0 unspecified atom stereocenters. The summed E-state index contributed by atoms with van der Waals surface area (Å²) in [5, 5.41) is 7.04. The number of carbonyl (C=O) groups is 1. The molecular formula is C15H20N4O3. The Morgan fingerprint density at radius 1 is 1.45 bits per heavy atom. The van der Waals surface area contributed by atoms with Crippen LogP contribution in [0, 0.1) is 0 Å². The van der Waals surface area contributed by atoms with Gasteiger partial charge in [-0.2, -0.15) is 5.10 Å². The van der Waals surface area contributed by atoms with Crippen LogP contribution < -0.4 is 5.32 Å². The number of ether oxygens (including phenoxy) is 1. The van der Waals surface area contributed by atoms with Crippen LogP contribution in [0.15, 0.2) is 41.3 Å². The molecule has 0 radical (unpaired) electrons. The van der Waals surface area contributed by atoms with Crippen molar-refractivity contribution >= 4 is 5.91 Å². The molecule has 0 aromatic carbocycles. The highest BCUT2D eigenvalue weighted by Gasteiger charge is 2.22. The van der Waals surface area contributed by atoms with Crippen LogP contribution in [0.2, 0.25) is 0 Å². The lowest BCUT2D eigenvalue weighted by Crippen LogP contribution is -2.48. The van der Waals surface area contributed by atoms with Gasteiger partial charge in [0.05, 0.1) is 38.6 Å². The van der Waals surface area contributed by atoms with Gasteiger partial charge in [0.15, 0.2) is 0 Å². The van der Waals surface area contributed by atoms with Gasteiger partial charge >= 0.3 is 0 Å². The number of amides is 1. The molecular weight excluding hydrogens is 284 g/mol. The molecule has 2 aromatic rings. The van der Waals surface area contributed by atoms with Gasteiger partial charge in [-0.25, -0.2) is 0 Å². The summed E-state index contributed by atoms with van der Waals surface area (Å²) in [5.74, 6) is 0.753. The van der Waals surface area contributed by atoms with Gasteiger partial charge in [-0.1, -0.05) is 0 Å². The summed E-state index contributed by atoms with van der Waals surface area (Å²) < 4.78 is 12.8. The largest absolute Gasteiger partial charge is 0.467 e. The zero-order chi connectivity index (χ0) is 15.2. The summed E-state index contributed by atoms with van der Waals surface area (Å²) in [6.07, 6.45) is 5.33. The molecule has 1 amide bonds. The van der Waals surface area contributed by atoms with Crippen LogP contribution in [0.3, 0.4) is 0 Å². The number of aromatic nitrogens is 2. The summed E-state index contributed by atoms with van der Waals surface area (Å²) in [7, 11) is 0. The van der Waals surface area contributed by atoms with E-state index in [2.05, 4.69) is 15.3 Å². The van der Waals surface area contributed by atoms with Gasteiger partial charge in [-0.3, -0.25) is 14.4 Å². The molecule has 1 atom stereocenters. The van der Waals surface area contributed by atoms with Crippen LogP contribution in [-0.2, 0) is 22.6 Å². The molecule has 0 spiro atoms. The van der Waals surface area contributed by atoms with Gasteiger partial charge in [-0.15, -0.1) is 0 Å². The van der Waals surface area contributed by atoms with E-state index in [1.165, 1.54) is 0 Å². The van der Waals surface area contributed by atoms with E-state index in [0.29, 0.717) is 26.2 Å². The zero-order valence-corrected chi connectivity index (χ0v) is 12.4. The number of furan rings is 1. The van der Waals surface area contributed by atoms with Gasteiger partial charge in [0.2, 0.25) is 5.91 Å². The Kier molecular flexibility index (Phi) is 4.87. The topological polar surface area (TPSA) is 72.5 Å². The Balaban J connectivity index is 1.42. The van der Waals surface area contributed by atoms with Crippen LogP contribution >= 0.6 is 0 Å². The molecule has 7 nitrogen and oxygen atoms in total. The average Bonchev–Trinajstić information content (AvgIpc) is 3.19. The Morgan fingerprint density at radius 3 is 3.18 bits per heavy atom.